The number of nitrogens with zero attached hydrogens (tertiary/aromatic N) is 2. The fourth-order valence-corrected chi connectivity index (χ4v) is 4.83. The third kappa shape index (κ3) is 4.91. The van der Waals surface area contributed by atoms with Crippen LogP contribution in [-0.4, -0.2) is 45.1 Å². The van der Waals surface area contributed by atoms with Crippen molar-refractivity contribution < 1.29 is 18.0 Å². The lowest BCUT2D eigenvalue weighted by Gasteiger charge is -2.28. The molecule has 2 aromatic rings. The molecule has 0 saturated carbocycles. The number of aryl methyl sites for hydroxylation is 1. The zero-order valence-electron chi connectivity index (χ0n) is 16.5. The first-order valence-electron chi connectivity index (χ1n) is 9.10. The second kappa shape index (κ2) is 8.46. The summed E-state index contributed by atoms with van der Waals surface area (Å²) in [5.41, 5.74) is 2.03. The van der Waals surface area contributed by atoms with Crippen LogP contribution in [0.3, 0.4) is 0 Å². The highest BCUT2D eigenvalue weighted by molar-refractivity contribution is 8.13. The summed E-state index contributed by atoms with van der Waals surface area (Å²) in [5.74, 6) is -0.0506. The summed E-state index contributed by atoms with van der Waals surface area (Å²) >= 11 is 1.07. The molecule has 7 nitrogen and oxygen atoms in total. The summed E-state index contributed by atoms with van der Waals surface area (Å²) in [6.45, 7) is 2.16. The van der Waals surface area contributed by atoms with E-state index >= 15 is 0 Å². The molecule has 0 radical (unpaired) electrons. The van der Waals surface area contributed by atoms with Crippen LogP contribution in [0.2, 0.25) is 0 Å². The number of benzene rings is 2. The minimum absolute atomic E-state index is 0.0506. The summed E-state index contributed by atoms with van der Waals surface area (Å²) in [7, 11) is -0.424. The van der Waals surface area contributed by atoms with Crippen LogP contribution in [0.1, 0.15) is 18.9 Å². The van der Waals surface area contributed by atoms with Gasteiger partial charge in [0.2, 0.25) is 5.91 Å². The molecule has 2 amide bonds. The Kier molecular flexibility index (Phi) is 6.18. The number of anilines is 2. The molecule has 29 heavy (non-hydrogen) atoms. The Bertz CT molecular complexity index is 1030. The lowest BCUT2D eigenvalue weighted by atomic mass is 10.0. The van der Waals surface area contributed by atoms with E-state index in [1.54, 1.807) is 55.4 Å². The van der Waals surface area contributed by atoms with Gasteiger partial charge in [-0.2, -0.15) is 0 Å². The van der Waals surface area contributed by atoms with E-state index in [4.69, 9.17) is 0 Å². The van der Waals surface area contributed by atoms with Crippen LogP contribution >= 0.6 is 11.8 Å². The molecule has 1 aliphatic heterocycles. The average molecular weight is 434 g/mol. The van der Waals surface area contributed by atoms with Gasteiger partial charge in [-0.25, -0.2) is 8.42 Å². The van der Waals surface area contributed by atoms with Gasteiger partial charge in [0.05, 0.1) is 4.90 Å². The Morgan fingerprint density at radius 2 is 1.79 bits per heavy atom. The van der Waals surface area contributed by atoms with E-state index in [2.05, 4.69) is 4.72 Å². The molecule has 0 atom stereocenters. The zero-order valence-corrected chi connectivity index (χ0v) is 18.1. The largest absolute Gasteiger partial charge is 0.339 e. The SMILES string of the molecule is CC(=O)N1CCCc2cc(S(=O)(=O)Nc3ccc(SC(=O)N(C)C)cc3)ccc21. The second-order valence-electron chi connectivity index (χ2n) is 6.96. The van der Waals surface area contributed by atoms with Crippen molar-refractivity contribution in [3.05, 3.63) is 48.0 Å². The summed E-state index contributed by atoms with van der Waals surface area (Å²) < 4.78 is 28.2. The van der Waals surface area contributed by atoms with E-state index in [1.165, 1.54) is 17.9 Å². The number of sulfonamides is 1. The molecule has 2 aromatic carbocycles. The zero-order chi connectivity index (χ0) is 21.2. The van der Waals surface area contributed by atoms with Crippen molar-refractivity contribution in [2.24, 2.45) is 0 Å². The number of hydrogen-bond donors (Lipinski definition) is 1. The third-order valence-electron chi connectivity index (χ3n) is 4.54. The van der Waals surface area contributed by atoms with Gasteiger partial charge in [-0.15, -0.1) is 0 Å². The summed E-state index contributed by atoms with van der Waals surface area (Å²) in [4.78, 5) is 27.6. The number of amides is 2. The first kappa shape index (κ1) is 21.2. The van der Waals surface area contributed by atoms with Gasteiger partial charge in [0.25, 0.3) is 15.3 Å². The fraction of sp³-hybridized carbons (Fsp3) is 0.300. The average Bonchev–Trinajstić information content (AvgIpc) is 2.68. The predicted molar refractivity (Wildman–Crippen MR) is 115 cm³/mol. The Balaban J connectivity index is 1.78. The minimum Gasteiger partial charge on any atom is -0.339 e. The Morgan fingerprint density at radius 1 is 1.10 bits per heavy atom. The van der Waals surface area contributed by atoms with Gasteiger partial charge in [0.15, 0.2) is 0 Å². The van der Waals surface area contributed by atoms with Gasteiger partial charge in [-0.1, -0.05) is 0 Å². The molecule has 1 aliphatic rings. The monoisotopic (exact) mass is 433 g/mol. The van der Waals surface area contributed by atoms with Gasteiger partial charge in [-0.3, -0.25) is 14.3 Å². The molecule has 0 bridgehead atoms. The van der Waals surface area contributed by atoms with E-state index < -0.39 is 10.0 Å². The molecule has 9 heteroatoms. The van der Waals surface area contributed by atoms with Crippen molar-refractivity contribution >= 4 is 44.3 Å². The van der Waals surface area contributed by atoms with Crippen molar-refractivity contribution in [3.63, 3.8) is 0 Å². The standard InChI is InChI=1S/C20H23N3O4S2/c1-14(24)23-12-4-5-15-13-18(10-11-19(15)23)29(26,27)21-16-6-8-17(9-7-16)28-20(25)22(2)3/h6-11,13,21H,4-5,12H2,1-3H3. The van der Waals surface area contributed by atoms with Gasteiger partial charge in [-0.05, 0) is 72.6 Å². The summed E-state index contributed by atoms with van der Waals surface area (Å²) in [6, 6.07) is 11.5. The maximum atomic E-state index is 12.8. The quantitative estimate of drug-likeness (QED) is 0.745. The summed E-state index contributed by atoms with van der Waals surface area (Å²) in [6.07, 6.45) is 1.53. The number of thioether (sulfide) groups is 1. The van der Waals surface area contributed by atoms with Crippen molar-refractivity contribution in [1.82, 2.24) is 4.90 Å². The highest BCUT2D eigenvalue weighted by Crippen LogP contribution is 2.30. The van der Waals surface area contributed by atoms with E-state index in [-0.39, 0.29) is 16.0 Å². The smallest absolute Gasteiger partial charge is 0.285 e. The van der Waals surface area contributed by atoms with Crippen LogP contribution in [0.5, 0.6) is 0 Å². The maximum absolute atomic E-state index is 12.8. The van der Waals surface area contributed by atoms with E-state index in [1.807, 2.05) is 0 Å². The third-order valence-corrected chi connectivity index (χ3v) is 6.96. The molecule has 0 aliphatic carbocycles. The van der Waals surface area contributed by atoms with Gasteiger partial charge < -0.3 is 9.80 Å². The number of carbonyl (C=O) groups excluding carboxylic acids is 2. The van der Waals surface area contributed by atoms with Gasteiger partial charge in [0.1, 0.15) is 0 Å². The lowest BCUT2D eigenvalue weighted by molar-refractivity contribution is -0.116. The van der Waals surface area contributed by atoms with Crippen LogP contribution in [0.25, 0.3) is 0 Å². The lowest BCUT2D eigenvalue weighted by Crippen LogP contribution is -2.33. The molecule has 0 saturated heterocycles. The van der Waals surface area contributed by atoms with E-state index in [0.29, 0.717) is 12.2 Å². The normalized spacial score (nSPS) is 13.6. The van der Waals surface area contributed by atoms with Crippen LogP contribution < -0.4 is 9.62 Å². The van der Waals surface area contributed by atoms with Gasteiger partial charge >= 0.3 is 0 Å². The van der Waals surface area contributed by atoms with Crippen molar-refractivity contribution in [3.8, 4) is 0 Å². The van der Waals surface area contributed by atoms with E-state index in [9.17, 15) is 18.0 Å². The number of nitrogens with one attached hydrogen (secondary N) is 1. The molecule has 154 valence electrons. The van der Waals surface area contributed by atoms with Gasteiger partial charge in [0, 0.05) is 43.8 Å². The maximum Gasteiger partial charge on any atom is 0.285 e. The molecule has 1 N–H and O–H groups in total. The Labute approximate surface area is 175 Å². The highest BCUT2D eigenvalue weighted by atomic mass is 32.2. The van der Waals surface area contributed by atoms with Crippen LogP contribution in [0.15, 0.2) is 52.3 Å². The molecular weight excluding hydrogens is 410 g/mol. The molecule has 0 spiro atoms. The molecular formula is C20H23N3O4S2. The first-order chi connectivity index (χ1) is 13.7. The number of rotatable bonds is 4. The number of hydrogen-bond acceptors (Lipinski definition) is 5. The van der Waals surface area contributed by atoms with Crippen LogP contribution in [-0.2, 0) is 21.2 Å². The second-order valence-corrected chi connectivity index (χ2v) is 9.66. The minimum atomic E-state index is -3.77. The molecule has 0 aromatic heterocycles. The highest BCUT2D eigenvalue weighted by Gasteiger charge is 2.23. The van der Waals surface area contributed by atoms with Crippen molar-refractivity contribution in [1.29, 1.82) is 0 Å². The molecule has 3 rings (SSSR count). The number of carbonyl (C=O) groups is 2. The van der Waals surface area contributed by atoms with Crippen molar-refractivity contribution in [2.45, 2.75) is 29.6 Å². The molecule has 0 fully saturated rings. The predicted octanol–water partition coefficient (Wildman–Crippen LogP) is 3.56. The van der Waals surface area contributed by atoms with Crippen LogP contribution in [0, 0.1) is 0 Å². The van der Waals surface area contributed by atoms with Crippen molar-refractivity contribution in [2.75, 3.05) is 30.3 Å². The Morgan fingerprint density at radius 3 is 2.41 bits per heavy atom. The summed E-state index contributed by atoms with van der Waals surface area (Å²) in [5, 5.41) is -0.105. The topological polar surface area (TPSA) is 86.8 Å². The first-order valence-corrected chi connectivity index (χ1v) is 11.4. The molecule has 0 unspecified atom stereocenters. The fourth-order valence-electron chi connectivity index (χ4n) is 3.06. The Hall–Kier alpha value is -2.52. The van der Waals surface area contributed by atoms with Crippen LogP contribution in [0.4, 0.5) is 16.2 Å². The van der Waals surface area contributed by atoms with E-state index in [0.717, 1.165) is 40.7 Å². The number of fused-ring (bicyclic) bond motifs is 1. The molecule has 1 heterocycles.